The van der Waals surface area contributed by atoms with Crippen molar-refractivity contribution in [3.8, 4) is 5.75 Å². The number of hydrogen-bond acceptors (Lipinski definition) is 5. The van der Waals surface area contributed by atoms with E-state index in [1.54, 1.807) is 66.7 Å². The number of ether oxygens (including phenoxy) is 1. The van der Waals surface area contributed by atoms with Gasteiger partial charge in [0.15, 0.2) is 0 Å². The molecule has 2 heterocycles. The second-order valence-corrected chi connectivity index (χ2v) is 7.08. The van der Waals surface area contributed by atoms with Crippen molar-refractivity contribution in [1.29, 1.82) is 0 Å². The highest BCUT2D eigenvalue weighted by atomic mass is 35.5. The standard InChI is InChI=1S/C23H17ClN2O4/c1-30-17-6-4-5-15(13-17)21(27)19-20(14-8-10-16(24)11-9-14)26(23(29)22(19)28)18-7-2-3-12-25-18/h2-13,20,27H,1H3/b21-19+. The van der Waals surface area contributed by atoms with Crippen LogP contribution in [0.25, 0.3) is 5.76 Å². The van der Waals surface area contributed by atoms with E-state index in [0.29, 0.717) is 27.7 Å². The number of halogens is 1. The lowest BCUT2D eigenvalue weighted by molar-refractivity contribution is -0.132. The summed E-state index contributed by atoms with van der Waals surface area (Å²) >= 11 is 6.02. The van der Waals surface area contributed by atoms with Crippen molar-refractivity contribution in [2.24, 2.45) is 0 Å². The molecule has 1 aromatic heterocycles. The second kappa shape index (κ2) is 8.00. The van der Waals surface area contributed by atoms with Crippen LogP contribution in [0.1, 0.15) is 17.2 Å². The number of benzene rings is 2. The molecule has 0 aliphatic carbocycles. The number of aliphatic hydroxyl groups excluding tert-OH is 1. The van der Waals surface area contributed by atoms with Crippen molar-refractivity contribution in [3.05, 3.63) is 94.6 Å². The number of anilines is 1. The molecule has 1 amide bonds. The Bertz CT molecular complexity index is 1140. The van der Waals surface area contributed by atoms with Crippen LogP contribution >= 0.6 is 11.6 Å². The Kier molecular flexibility index (Phi) is 5.25. The predicted molar refractivity (Wildman–Crippen MR) is 113 cm³/mol. The number of hydrogen-bond donors (Lipinski definition) is 1. The Hall–Kier alpha value is -3.64. The molecule has 150 valence electrons. The fraction of sp³-hybridized carbons (Fsp3) is 0.0870. The van der Waals surface area contributed by atoms with E-state index in [1.165, 1.54) is 18.2 Å². The number of amides is 1. The van der Waals surface area contributed by atoms with Gasteiger partial charge in [-0.05, 0) is 42.0 Å². The first kappa shape index (κ1) is 19.7. The first-order chi connectivity index (χ1) is 14.5. The molecule has 1 unspecified atom stereocenters. The monoisotopic (exact) mass is 420 g/mol. The minimum atomic E-state index is -0.858. The fourth-order valence-corrected chi connectivity index (χ4v) is 3.58. The highest BCUT2D eigenvalue weighted by Gasteiger charge is 2.47. The van der Waals surface area contributed by atoms with E-state index in [-0.39, 0.29) is 11.3 Å². The molecule has 1 fully saturated rings. The Balaban J connectivity index is 1.94. The summed E-state index contributed by atoms with van der Waals surface area (Å²) in [5.41, 5.74) is 0.960. The lowest BCUT2D eigenvalue weighted by Crippen LogP contribution is -2.30. The van der Waals surface area contributed by atoms with Crippen molar-refractivity contribution < 1.29 is 19.4 Å². The summed E-state index contributed by atoms with van der Waals surface area (Å²) in [6.07, 6.45) is 1.54. The van der Waals surface area contributed by atoms with Gasteiger partial charge in [0.1, 0.15) is 17.3 Å². The van der Waals surface area contributed by atoms with Gasteiger partial charge in [-0.25, -0.2) is 4.98 Å². The van der Waals surface area contributed by atoms with E-state index in [2.05, 4.69) is 4.98 Å². The van der Waals surface area contributed by atoms with Gasteiger partial charge in [0.2, 0.25) is 0 Å². The number of rotatable bonds is 4. The molecule has 6 nitrogen and oxygen atoms in total. The molecular formula is C23H17ClN2O4. The Morgan fingerprint density at radius 2 is 1.83 bits per heavy atom. The summed E-state index contributed by atoms with van der Waals surface area (Å²) in [6, 6.07) is 17.6. The summed E-state index contributed by atoms with van der Waals surface area (Å²) in [4.78, 5) is 31.5. The molecule has 7 heteroatoms. The maximum absolute atomic E-state index is 13.0. The normalized spacial score (nSPS) is 17.9. The van der Waals surface area contributed by atoms with Crippen LogP contribution in [0.5, 0.6) is 5.75 Å². The van der Waals surface area contributed by atoms with Crippen molar-refractivity contribution >= 4 is 34.9 Å². The predicted octanol–water partition coefficient (Wildman–Crippen LogP) is 4.37. The molecule has 1 aliphatic rings. The van der Waals surface area contributed by atoms with Crippen LogP contribution in [0.15, 0.2) is 78.5 Å². The maximum Gasteiger partial charge on any atom is 0.301 e. The Morgan fingerprint density at radius 1 is 1.07 bits per heavy atom. The molecule has 3 aromatic rings. The van der Waals surface area contributed by atoms with Crippen LogP contribution in [0.3, 0.4) is 0 Å². The van der Waals surface area contributed by atoms with Gasteiger partial charge in [0.25, 0.3) is 5.78 Å². The average molecular weight is 421 g/mol. The Labute approximate surface area is 178 Å². The highest BCUT2D eigenvalue weighted by Crippen LogP contribution is 2.41. The number of ketones is 1. The van der Waals surface area contributed by atoms with Gasteiger partial charge in [0.05, 0.1) is 18.7 Å². The molecule has 0 spiro atoms. The zero-order valence-electron chi connectivity index (χ0n) is 15.9. The Morgan fingerprint density at radius 3 is 2.50 bits per heavy atom. The van der Waals surface area contributed by atoms with Crippen LogP contribution in [-0.4, -0.2) is 28.9 Å². The SMILES string of the molecule is COc1cccc(/C(O)=C2\C(=O)C(=O)N(c3ccccn3)C2c2ccc(Cl)cc2)c1. The first-order valence-electron chi connectivity index (χ1n) is 9.13. The zero-order valence-corrected chi connectivity index (χ0v) is 16.7. The number of carbonyl (C=O) groups is 2. The van der Waals surface area contributed by atoms with Crippen LogP contribution in [0.2, 0.25) is 5.02 Å². The van der Waals surface area contributed by atoms with E-state index in [0.717, 1.165) is 0 Å². The van der Waals surface area contributed by atoms with E-state index in [4.69, 9.17) is 16.3 Å². The van der Waals surface area contributed by atoms with E-state index >= 15 is 0 Å². The molecule has 1 saturated heterocycles. The number of methoxy groups -OCH3 is 1. The molecule has 0 saturated carbocycles. The number of aromatic nitrogens is 1. The van der Waals surface area contributed by atoms with Gasteiger partial charge in [-0.1, -0.05) is 41.9 Å². The number of nitrogens with zero attached hydrogens (tertiary/aromatic N) is 2. The van der Waals surface area contributed by atoms with Crippen LogP contribution in [0, 0.1) is 0 Å². The van der Waals surface area contributed by atoms with Crippen molar-refractivity contribution in [1.82, 2.24) is 4.98 Å². The molecule has 0 radical (unpaired) electrons. The number of aliphatic hydroxyl groups is 1. The minimum absolute atomic E-state index is 0.0266. The molecule has 1 N–H and O–H groups in total. The van der Waals surface area contributed by atoms with Crippen molar-refractivity contribution in [3.63, 3.8) is 0 Å². The largest absolute Gasteiger partial charge is 0.507 e. The molecule has 1 aliphatic heterocycles. The molecule has 30 heavy (non-hydrogen) atoms. The summed E-state index contributed by atoms with van der Waals surface area (Å²) in [5.74, 6) is -1.02. The molecular weight excluding hydrogens is 404 g/mol. The second-order valence-electron chi connectivity index (χ2n) is 6.64. The van der Waals surface area contributed by atoms with Gasteiger partial charge < -0.3 is 9.84 Å². The van der Waals surface area contributed by atoms with Gasteiger partial charge in [0, 0.05) is 16.8 Å². The van der Waals surface area contributed by atoms with E-state index in [9.17, 15) is 14.7 Å². The third kappa shape index (κ3) is 3.42. The average Bonchev–Trinajstić information content (AvgIpc) is 3.05. The summed E-state index contributed by atoms with van der Waals surface area (Å²) in [5, 5.41) is 11.6. The van der Waals surface area contributed by atoms with Crippen LogP contribution < -0.4 is 9.64 Å². The molecule has 2 aromatic carbocycles. The third-order valence-electron chi connectivity index (χ3n) is 4.87. The number of Topliss-reactive ketones (excluding diaryl/α,β-unsaturated/α-hetero) is 1. The molecule has 4 rings (SSSR count). The molecule has 0 bridgehead atoms. The van der Waals surface area contributed by atoms with Crippen molar-refractivity contribution in [2.45, 2.75) is 6.04 Å². The topological polar surface area (TPSA) is 79.7 Å². The third-order valence-corrected chi connectivity index (χ3v) is 5.12. The van der Waals surface area contributed by atoms with E-state index < -0.39 is 17.7 Å². The lowest BCUT2D eigenvalue weighted by atomic mass is 9.95. The first-order valence-corrected chi connectivity index (χ1v) is 9.51. The fourth-order valence-electron chi connectivity index (χ4n) is 3.45. The van der Waals surface area contributed by atoms with E-state index in [1.807, 2.05) is 0 Å². The minimum Gasteiger partial charge on any atom is -0.507 e. The van der Waals surface area contributed by atoms with Crippen LogP contribution in [-0.2, 0) is 9.59 Å². The summed E-state index contributed by atoms with van der Waals surface area (Å²) in [7, 11) is 1.51. The van der Waals surface area contributed by atoms with Gasteiger partial charge in [-0.15, -0.1) is 0 Å². The quantitative estimate of drug-likeness (QED) is 0.385. The zero-order chi connectivity index (χ0) is 21.3. The summed E-state index contributed by atoms with van der Waals surface area (Å²) in [6.45, 7) is 0. The number of pyridine rings is 1. The van der Waals surface area contributed by atoms with Crippen molar-refractivity contribution in [2.75, 3.05) is 12.0 Å². The lowest BCUT2D eigenvalue weighted by Gasteiger charge is -2.24. The number of carbonyl (C=O) groups excluding carboxylic acids is 2. The molecule has 1 atom stereocenters. The van der Waals surface area contributed by atoms with Gasteiger partial charge in [-0.3, -0.25) is 14.5 Å². The highest BCUT2D eigenvalue weighted by molar-refractivity contribution is 6.51. The smallest absolute Gasteiger partial charge is 0.301 e. The summed E-state index contributed by atoms with van der Waals surface area (Å²) < 4.78 is 5.21. The maximum atomic E-state index is 13.0. The van der Waals surface area contributed by atoms with Gasteiger partial charge in [-0.2, -0.15) is 0 Å². The van der Waals surface area contributed by atoms with Gasteiger partial charge >= 0.3 is 5.91 Å². The van der Waals surface area contributed by atoms with Crippen LogP contribution in [0.4, 0.5) is 5.82 Å².